The molecule has 0 aliphatic carbocycles. The highest BCUT2D eigenvalue weighted by Crippen LogP contribution is 2.36. The van der Waals surface area contributed by atoms with Crippen LogP contribution in [-0.2, 0) is 0 Å². The van der Waals surface area contributed by atoms with Crippen LogP contribution in [0, 0.1) is 5.92 Å². The summed E-state index contributed by atoms with van der Waals surface area (Å²) in [7, 11) is 0. The van der Waals surface area contributed by atoms with Gasteiger partial charge < -0.3 is 10.6 Å². The zero-order chi connectivity index (χ0) is 12.7. The molecule has 0 saturated carbocycles. The van der Waals surface area contributed by atoms with Gasteiger partial charge in [-0.2, -0.15) is 0 Å². The Labute approximate surface area is 108 Å². The normalized spacial score (nSPS) is 23.8. The fraction of sp³-hybridized carbons (Fsp3) is 0.400. The van der Waals surface area contributed by atoms with Crippen LogP contribution in [-0.4, -0.2) is 17.6 Å². The summed E-state index contributed by atoms with van der Waals surface area (Å²) < 4.78 is 0. The molecule has 0 radical (unpaired) electrons. The fourth-order valence-electron chi connectivity index (χ4n) is 3.07. The second-order valence-corrected chi connectivity index (χ2v) is 5.44. The Balaban J connectivity index is 2.10. The number of nitrogens with two attached hydrogens (primary N) is 1. The van der Waals surface area contributed by atoms with Crippen molar-refractivity contribution in [3.8, 4) is 0 Å². The summed E-state index contributed by atoms with van der Waals surface area (Å²) in [6, 6.07) is 6.82. The van der Waals surface area contributed by atoms with Gasteiger partial charge in [-0.05, 0) is 31.4 Å². The molecule has 1 aromatic carbocycles. The van der Waals surface area contributed by atoms with Crippen molar-refractivity contribution in [2.75, 3.05) is 17.2 Å². The number of anilines is 2. The number of rotatable bonds is 1. The van der Waals surface area contributed by atoms with Crippen molar-refractivity contribution in [2.24, 2.45) is 5.92 Å². The lowest BCUT2D eigenvalue weighted by molar-refractivity contribution is 0.625. The van der Waals surface area contributed by atoms with Gasteiger partial charge in [-0.3, -0.25) is 4.98 Å². The Kier molecular flexibility index (Phi) is 2.62. The molecule has 1 fully saturated rings. The molecule has 2 heterocycles. The lowest BCUT2D eigenvalue weighted by Gasteiger charge is -2.26. The number of fused-ring (bicyclic) bond motifs is 1. The molecule has 2 atom stereocenters. The van der Waals surface area contributed by atoms with E-state index in [9.17, 15) is 0 Å². The first-order valence-electron chi connectivity index (χ1n) is 6.55. The molecule has 18 heavy (non-hydrogen) atoms. The molecule has 1 saturated heterocycles. The van der Waals surface area contributed by atoms with E-state index >= 15 is 0 Å². The van der Waals surface area contributed by atoms with Crippen LogP contribution in [0.5, 0.6) is 0 Å². The van der Waals surface area contributed by atoms with Crippen LogP contribution < -0.4 is 10.6 Å². The summed E-state index contributed by atoms with van der Waals surface area (Å²) in [4.78, 5) is 6.57. The highest BCUT2D eigenvalue weighted by atomic mass is 15.2. The molecule has 0 spiro atoms. The zero-order valence-electron chi connectivity index (χ0n) is 10.9. The number of aromatic nitrogens is 1. The lowest BCUT2D eigenvalue weighted by atomic mass is 10.1. The van der Waals surface area contributed by atoms with E-state index in [2.05, 4.69) is 35.9 Å². The highest BCUT2D eigenvalue weighted by molar-refractivity contribution is 5.98. The van der Waals surface area contributed by atoms with E-state index in [1.54, 1.807) is 6.20 Å². The van der Waals surface area contributed by atoms with Gasteiger partial charge in [0.25, 0.3) is 0 Å². The predicted octanol–water partition coefficient (Wildman–Crippen LogP) is 3.05. The third-order valence-corrected chi connectivity index (χ3v) is 3.93. The van der Waals surface area contributed by atoms with Gasteiger partial charge in [-0.15, -0.1) is 0 Å². The van der Waals surface area contributed by atoms with Crippen LogP contribution in [0.15, 0.2) is 30.6 Å². The summed E-state index contributed by atoms with van der Waals surface area (Å²) in [6.07, 6.45) is 4.91. The molecule has 1 aliphatic heterocycles. The number of hydrogen-bond donors (Lipinski definition) is 1. The number of nitrogen functional groups attached to an aromatic ring is 1. The minimum absolute atomic E-state index is 0.571. The average Bonchev–Trinajstić information content (AvgIpc) is 2.69. The Morgan fingerprint density at radius 1 is 1.28 bits per heavy atom. The summed E-state index contributed by atoms with van der Waals surface area (Å²) in [5.74, 6) is 0.743. The van der Waals surface area contributed by atoms with Crippen LogP contribution in [0.3, 0.4) is 0 Å². The van der Waals surface area contributed by atoms with Gasteiger partial charge in [0.05, 0.1) is 11.4 Å². The maximum Gasteiger partial charge on any atom is 0.0632 e. The molecular formula is C15H19N3. The molecule has 1 aromatic heterocycles. The van der Waals surface area contributed by atoms with Crippen LogP contribution in [0.4, 0.5) is 11.4 Å². The second kappa shape index (κ2) is 4.16. The summed E-state index contributed by atoms with van der Waals surface area (Å²) >= 11 is 0. The Morgan fingerprint density at radius 3 is 2.83 bits per heavy atom. The molecule has 0 amide bonds. The molecule has 94 valence electrons. The van der Waals surface area contributed by atoms with Crippen molar-refractivity contribution >= 4 is 22.1 Å². The number of hydrogen-bond acceptors (Lipinski definition) is 3. The SMILES string of the molecule is CC1CC(C)N(c2ccc3cnccc3c2N)C1. The first-order chi connectivity index (χ1) is 8.66. The van der Waals surface area contributed by atoms with Gasteiger partial charge in [0, 0.05) is 35.8 Å². The average molecular weight is 241 g/mol. The van der Waals surface area contributed by atoms with Crippen LogP contribution in [0.25, 0.3) is 10.8 Å². The van der Waals surface area contributed by atoms with Crippen molar-refractivity contribution < 1.29 is 0 Å². The van der Waals surface area contributed by atoms with E-state index < -0.39 is 0 Å². The molecule has 1 aliphatic rings. The maximum atomic E-state index is 6.34. The van der Waals surface area contributed by atoms with E-state index in [0.717, 1.165) is 28.9 Å². The number of benzene rings is 1. The monoisotopic (exact) mass is 241 g/mol. The summed E-state index contributed by atoms with van der Waals surface area (Å²) in [5.41, 5.74) is 8.39. The Morgan fingerprint density at radius 2 is 2.11 bits per heavy atom. The molecule has 2 N–H and O–H groups in total. The number of nitrogens with zero attached hydrogens (tertiary/aromatic N) is 2. The molecule has 3 heteroatoms. The van der Waals surface area contributed by atoms with E-state index in [1.165, 1.54) is 12.1 Å². The van der Waals surface area contributed by atoms with Gasteiger partial charge in [0.2, 0.25) is 0 Å². The zero-order valence-corrected chi connectivity index (χ0v) is 10.9. The molecule has 2 unspecified atom stereocenters. The smallest absolute Gasteiger partial charge is 0.0632 e. The second-order valence-electron chi connectivity index (χ2n) is 5.44. The Bertz CT molecular complexity index is 579. The third-order valence-electron chi connectivity index (χ3n) is 3.93. The predicted molar refractivity (Wildman–Crippen MR) is 76.7 cm³/mol. The van der Waals surface area contributed by atoms with Crippen LogP contribution in [0.2, 0.25) is 0 Å². The summed E-state index contributed by atoms with van der Waals surface area (Å²) in [6.45, 7) is 5.68. The van der Waals surface area contributed by atoms with Crippen LogP contribution >= 0.6 is 0 Å². The van der Waals surface area contributed by atoms with Gasteiger partial charge >= 0.3 is 0 Å². The molecular weight excluding hydrogens is 222 g/mol. The quantitative estimate of drug-likeness (QED) is 0.780. The minimum Gasteiger partial charge on any atom is -0.397 e. The van der Waals surface area contributed by atoms with Crippen molar-refractivity contribution in [2.45, 2.75) is 26.3 Å². The summed E-state index contributed by atoms with van der Waals surface area (Å²) in [5, 5.41) is 2.22. The van der Waals surface area contributed by atoms with Crippen molar-refractivity contribution in [1.29, 1.82) is 0 Å². The van der Waals surface area contributed by atoms with Gasteiger partial charge in [-0.1, -0.05) is 13.0 Å². The molecule has 0 bridgehead atoms. The lowest BCUT2D eigenvalue weighted by Crippen LogP contribution is -2.27. The fourth-order valence-corrected chi connectivity index (χ4v) is 3.07. The van der Waals surface area contributed by atoms with E-state index in [1.807, 2.05) is 12.3 Å². The van der Waals surface area contributed by atoms with Crippen molar-refractivity contribution in [1.82, 2.24) is 4.98 Å². The highest BCUT2D eigenvalue weighted by Gasteiger charge is 2.27. The van der Waals surface area contributed by atoms with E-state index in [0.29, 0.717) is 6.04 Å². The van der Waals surface area contributed by atoms with E-state index in [-0.39, 0.29) is 0 Å². The molecule has 3 nitrogen and oxygen atoms in total. The largest absolute Gasteiger partial charge is 0.397 e. The van der Waals surface area contributed by atoms with Crippen molar-refractivity contribution in [3.05, 3.63) is 30.6 Å². The maximum absolute atomic E-state index is 6.34. The first kappa shape index (κ1) is 11.3. The van der Waals surface area contributed by atoms with Crippen molar-refractivity contribution in [3.63, 3.8) is 0 Å². The van der Waals surface area contributed by atoms with Gasteiger partial charge in [0.1, 0.15) is 0 Å². The van der Waals surface area contributed by atoms with Crippen LogP contribution in [0.1, 0.15) is 20.3 Å². The van der Waals surface area contributed by atoms with Gasteiger partial charge in [-0.25, -0.2) is 0 Å². The van der Waals surface area contributed by atoms with Gasteiger partial charge in [0.15, 0.2) is 0 Å². The molecule has 2 aromatic rings. The molecule has 3 rings (SSSR count). The minimum atomic E-state index is 0.571. The topological polar surface area (TPSA) is 42.2 Å². The Hall–Kier alpha value is -1.77. The standard InChI is InChI=1S/C15H19N3/c1-10-7-11(2)18(9-10)14-4-3-12-8-17-6-5-13(12)15(14)16/h3-6,8,10-11H,7,9,16H2,1-2H3. The third kappa shape index (κ3) is 1.70. The van der Waals surface area contributed by atoms with E-state index in [4.69, 9.17) is 5.73 Å². The number of pyridine rings is 1. The first-order valence-corrected chi connectivity index (χ1v) is 6.55.